The largest absolute Gasteiger partial charge is 0.371 e. The van der Waals surface area contributed by atoms with Gasteiger partial charge in [0.25, 0.3) is 0 Å². The molecule has 0 atom stereocenters. The van der Waals surface area contributed by atoms with E-state index >= 15 is 0 Å². The second-order valence-electron chi connectivity index (χ2n) is 5.02. The molecule has 1 saturated heterocycles. The van der Waals surface area contributed by atoms with E-state index in [9.17, 15) is 8.42 Å². The topological polar surface area (TPSA) is 61.4 Å². The first-order valence-electron chi connectivity index (χ1n) is 7.07. The van der Waals surface area contributed by atoms with Crippen molar-refractivity contribution in [3.8, 4) is 0 Å². The Morgan fingerprint density at radius 1 is 1.20 bits per heavy atom. The van der Waals surface area contributed by atoms with Crippen LogP contribution in [0.5, 0.6) is 0 Å². The molecular formula is C14H23N3O2S. The summed E-state index contributed by atoms with van der Waals surface area (Å²) in [7, 11) is -1.68. The van der Waals surface area contributed by atoms with E-state index in [0.29, 0.717) is 13.1 Å². The number of hydrogen-bond acceptors (Lipinski definition) is 4. The highest BCUT2D eigenvalue weighted by atomic mass is 32.2. The van der Waals surface area contributed by atoms with Crippen molar-refractivity contribution in [1.29, 1.82) is 0 Å². The summed E-state index contributed by atoms with van der Waals surface area (Å²) in [4.78, 5) is 2.40. The molecule has 0 aromatic heterocycles. The number of benzene rings is 1. The van der Waals surface area contributed by atoms with E-state index in [1.807, 2.05) is 6.07 Å². The van der Waals surface area contributed by atoms with E-state index in [1.165, 1.54) is 31.1 Å². The highest BCUT2D eigenvalue weighted by Crippen LogP contribution is 2.24. The highest BCUT2D eigenvalue weighted by molar-refractivity contribution is 7.89. The van der Waals surface area contributed by atoms with Gasteiger partial charge in [-0.3, -0.25) is 0 Å². The van der Waals surface area contributed by atoms with Crippen molar-refractivity contribution in [3.63, 3.8) is 0 Å². The van der Waals surface area contributed by atoms with Crippen molar-refractivity contribution in [2.75, 3.05) is 37.3 Å². The average Bonchev–Trinajstić information content (AvgIpc) is 2.98. The minimum Gasteiger partial charge on any atom is -0.371 e. The van der Waals surface area contributed by atoms with Crippen LogP contribution < -0.4 is 14.9 Å². The lowest BCUT2D eigenvalue weighted by Crippen LogP contribution is -2.30. The minimum absolute atomic E-state index is 0.107. The molecule has 20 heavy (non-hydrogen) atoms. The zero-order chi connectivity index (χ0) is 14.4. The second-order valence-corrected chi connectivity index (χ2v) is 7.07. The van der Waals surface area contributed by atoms with Gasteiger partial charge in [-0.15, -0.1) is 0 Å². The number of sulfonamides is 1. The Kier molecular flexibility index (Phi) is 5.39. The van der Waals surface area contributed by atoms with Crippen LogP contribution in [0.15, 0.2) is 24.3 Å². The van der Waals surface area contributed by atoms with Crippen LogP contribution in [-0.4, -0.2) is 40.9 Å². The Balaban J connectivity index is 1.89. The molecule has 0 bridgehead atoms. The van der Waals surface area contributed by atoms with Crippen LogP contribution in [0.1, 0.15) is 18.4 Å². The fraction of sp³-hybridized carbons (Fsp3) is 0.571. The molecule has 5 nitrogen and oxygen atoms in total. The van der Waals surface area contributed by atoms with Crippen molar-refractivity contribution in [1.82, 2.24) is 10.0 Å². The molecule has 1 fully saturated rings. The van der Waals surface area contributed by atoms with Crippen LogP contribution in [0.4, 0.5) is 5.69 Å². The van der Waals surface area contributed by atoms with Crippen molar-refractivity contribution in [3.05, 3.63) is 29.8 Å². The molecule has 0 aliphatic carbocycles. The number of nitrogens with one attached hydrogen (secondary N) is 2. The number of para-hydroxylation sites is 1. The third-order valence-electron chi connectivity index (χ3n) is 3.61. The fourth-order valence-electron chi connectivity index (χ4n) is 2.46. The average molecular weight is 297 g/mol. The lowest BCUT2D eigenvalue weighted by molar-refractivity contribution is 0.583. The number of hydrogen-bond donors (Lipinski definition) is 2. The van der Waals surface area contributed by atoms with Gasteiger partial charge in [0.1, 0.15) is 0 Å². The summed E-state index contributed by atoms with van der Waals surface area (Å²) in [5.74, 6) is 0.107. The molecule has 112 valence electrons. The van der Waals surface area contributed by atoms with E-state index in [1.54, 1.807) is 0 Å². The standard InChI is InChI=1S/C14H23N3O2S/c1-15-20(18,19)11-8-16-12-13-6-2-3-7-14(13)17-9-4-5-10-17/h2-3,6-7,15-16H,4-5,8-12H2,1H3. The minimum atomic E-state index is -3.12. The summed E-state index contributed by atoms with van der Waals surface area (Å²) in [5, 5.41) is 3.21. The molecule has 1 aromatic rings. The van der Waals surface area contributed by atoms with Gasteiger partial charge in [-0.1, -0.05) is 18.2 Å². The molecule has 0 saturated carbocycles. The van der Waals surface area contributed by atoms with E-state index in [2.05, 4.69) is 33.1 Å². The van der Waals surface area contributed by atoms with E-state index in [-0.39, 0.29) is 5.75 Å². The Labute approximate surface area is 121 Å². The molecule has 0 unspecified atom stereocenters. The van der Waals surface area contributed by atoms with Gasteiger partial charge in [0.05, 0.1) is 5.75 Å². The van der Waals surface area contributed by atoms with Crippen molar-refractivity contribution in [2.24, 2.45) is 0 Å². The first kappa shape index (κ1) is 15.3. The summed E-state index contributed by atoms with van der Waals surface area (Å²) >= 11 is 0. The van der Waals surface area contributed by atoms with Gasteiger partial charge < -0.3 is 10.2 Å². The molecule has 1 aliphatic rings. The van der Waals surface area contributed by atoms with Gasteiger partial charge in [-0.05, 0) is 31.5 Å². The summed E-state index contributed by atoms with van der Waals surface area (Å²) in [6.07, 6.45) is 2.50. The Morgan fingerprint density at radius 2 is 1.90 bits per heavy atom. The molecule has 0 spiro atoms. The van der Waals surface area contributed by atoms with E-state index in [0.717, 1.165) is 13.1 Å². The molecule has 2 N–H and O–H groups in total. The molecule has 0 amide bonds. The van der Waals surface area contributed by atoms with E-state index < -0.39 is 10.0 Å². The van der Waals surface area contributed by atoms with Gasteiger partial charge in [0.15, 0.2) is 0 Å². The third-order valence-corrected chi connectivity index (χ3v) is 4.98. The third kappa shape index (κ3) is 4.19. The summed E-state index contributed by atoms with van der Waals surface area (Å²) in [5.41, 5.74) is 2.50. The van der Waals surface area contributed by atoms with Gasteiger partial charge >= 0.3 is 0 Å². The maximum Gasteiger partial charge on any atom is 0.212 e. The number of nitrogens with zero attached hydrogens (tertiary/aromatic N) is 1. The Bertz CT molecular complexity index is 525. The van der Waals surface area contributed by atoms with E-state index in [4.69, 9.17) is 0 Å². The normalized spacial score (nSPS) is 15.8. The predicted molar refractivity (Wildman–Crippen MR) is 82.4 cm³/mol. The second kappa shape index (κ2) is 7.06. The Morgan fingerprint density at radius 3 is 2.60 bits per heavy atom. The van der Waals surface area contributed by atoms with Crippen LogP contribution in [-0.2, 0) is 16.6 Å². The van der Waals surface area contributed by atoms with Crippen molar-refractivity contribution in [2.45, 2.75) is 19.4 Å². The molecule has 1 aliphatic heterocycles. The molecule has 0 radical (unpaired) electrons. The van der Waals surface area contributed by atoms with Crippen LogP contribution in [0, 0.1) is 0 Å². The first-order valence-corrected chi connectivity index (χ1v) is 8.72. The lowest BCUT2D eigenvalue weighted by atomic mass is 10.1. The zero-order valence-corrected chi connectivity index (χ0v) is 12.7. The Hall–Kier alpha value is -1.11. The number of anilines is 1. The van der Waals surface area contributed by atoms with Crippen LogP contribution in [0.3, 0.4) is 0 Å². The van der Waals surface area contributed by atoms with Gasteiger partial charge in [-0.2, -0.15) is 0 Å². The monoisotopic (exact) mass is 297 g/mol. The zero-order valence-electron chi connectivity index (χ0n) is 11.9. The first-order chi connectivity index (χ1) is 9.62. The fourth-order valence-corrected chi connectivity index (χ4v) is 3.08. The van der Waals surface area contributed by atoms with Crippen molar-refractivity contribution < 1.29 is 8.42 Å². The van der Waals surface area contributed by atoms with Gasteiger partial charge in [0, 0.05) is 31.9 Å². The predicted octanol–water partition coefficient (Wildman–Crippen LogP) is 0.926. The molecular weight excluding hydrogens is 274 g/mol. The maximum absolute atomic E-state index is 11.3. The van der Waals surface area contributed by atoms with Crippen LogP contribution in [0.2, 0.25) is 0 Å². The highest BCUT2D eigenvalue weighted by Gasteiger charge is 2.15. The smallest absolute Gasteiger partial charge is 0.212 e. The summed E-state index contributed by atoms with van der Waals surface area (Å²) < 4.78 is 25.0. The summed E-state index contributed by atoms with van der Waals surface area (Å²) in [6.45, 7) is 3.39. The molecule has 6 heteroatoms. The lowest BCUT2D eigenvalue weighted by Gasteiger charge is -2.21. The van der Waals surface area contributed by atoms with Crippen LogP contribution >= 0.6 is 0 Å². The van der Waals surface area contributed by atoms with Gasteiger partial charge in [0.2, 0.25) is 10.0 Å². The van der Waals surface area contributed by atoms with Crippen molar-refractivity contribution >= 4 is 15.7 Å². The summed E-state index contributed by atoms with van der Waals surface area (Å²) in [6, 6.07) is 8.34. The molecule has 2 rings (SSSR count). The number of rotatable bonds is 7. The van der Waals surface area contributed by atoms with Gasteiger partial charge in [-0.25, -0.2) is 13.1 Å². The maximum atomic E-state index is 11.3. The SMILES string of the molecule is CNS(=O)(=O)CCNCc1ccccc1N1CCCC1. The van der Waals surface area contributed by atoms with Crippen LogP contribution in [0.25, 0.3) is 0 Å². The quantitative estimate of drug-likeness (QED) is 0.735. The molecule has 1 aromatic carbocycles. The molecule has 1 heterocycles.